The number of hydrogen-bond acceptors (Lipinski definition) is 2. The molecule has 1 aromatic rings. The number of nitrogens with zero attached hydrogens (tertiary/aromatic N) is 1. The number of benzene rings is 1. The fraction of sp³-hybridized carbons (Fsp3) is 0.462. The highest BCUT2D eigenvalue weighted by Crippen LogP contribution is 2.36. The lowest BCUT2D eigenvalue weighted by atomic mass is 10.1. The van der Waals surface area contributed by atoms with E-state index >= 15 is 0 Å². The fourth-order valence-electron chi connectivity index (χ4n) is 2.03. The van der Waals surface area contributed by atoms with Crippen molar-refractivity contribution in [1.82, 2.24) is 0 Å². The molecule has 1 unspecified atom stereocenters. The van der Waals surface area contributed by atoms with Gasteiger partial charge in [-0.1, -0.05) is 11.6 Å². The van der Waals surface area contributed by atoms with E-state index in [1.807, 2.05) is 13.1 Å². The number of anilines is 1. The summed E-state index contributed by atoms with van der Waals surface area (Å²) in [5, 5.41) is 9.20. The van der Waals surface area contributed by atoms with Crippen LogP contribution in [-0.4, -0.2) is 24.2 Å². The molecule has 0 saturated heterocycles. The summed E-state index contributed by atoms with van der Waals surface area (Å²) in [6.07, 6.45) is 2.57. The van der Waals surface area contributed by atoms with Crippen LogP contribution in [0.25, 0.3) is 0 Å². The summed E-state index contributed by atoms with van der Waals surface area (Å²) in [4.78, 5) is 13.0. The average molecular weight is 254 g/mol. The summed E-state index contributed by atoms with van der Waals surface area (Å²) in [6.45, 7) is 2.19. The topological polar surface area (TPSA) is 40.5 Å². The first-order valence-corrected chi connectivity index (χ1v) is 6.14. The van der Waals surface area contributed by atoms with Gasteiger partial charge in [0, 0.05) is 18.8 Å². The van der Waals surface area contributed by atoms with E-state index in [2.05, 4.69) is 11.8 Å². The number of carboxylic acid groups (broad SMARTS) is 1. The summed E-state index contributed by atoms with van der Waals surface area (Å²) >= 11 is 5.96. The van der Waals surface area contributed by atoms with Gasteiger partial charge >= 0.3 is 5.97 Å². The predicted octanol–water partition coefficient (Wildman–Crippen LogP) is 3.27. The summed E-state index contributed by atoms with van der Waals surface area (Å²) in [6, 6.07) is 5.58. The first-order chi connectivity index (χ1) is 8.00. The molecule has 0 amide bonds. The van der Waals surface area contributed by atoms with Crippen molar-refractivity contribution in [3.63, 3.8) is 0 Å². The second kappa shape index (κ2) is 4.57. The molecule has 0 aliphatic heterocycles. The van der Waals surface area contributed by atoms with Crippen LogP contribution in [0.15, 0.2) is 18.2 Å². The van der Waals surface area contributed by atoms with Crippen LogP contribution in [0.3, 0.4) is 0 Å². The highest BCUT2D eigenvalue weighted by Gasteiger charge is 2.30. The van der Waals surface area contributed by atoms with Crippen LogP contribution in [0, 0.1) is 5.92 Å². The van der Waals surface area contributed by atoms with Crippen molar-refractivity contribution in [3.05, 3.63) is 28.8 Å². The molecule has 3 nitrogen and oxygen atoms in total. The Kier molecular flexibility index (Phi) is 3.29. The Balaban J connectivity index is 2.21. The van der Waals surface area contributed by atoms with Crippen molar-refractivity contribution in [2.45, 2.75) is 25.8 Å². The van der Waals surface area contributed by atoms with E-state index in [9.17, 15) is 4.79 Å². The van der Waals surface area contributed by atoms with Crippen LogP contribution >= 0.6 is 11.6 Å². The van der Waals surface area contributed by atoms with Crippen molar-refractivity contribution < 1.29 is 9.90 Å². The number of hydrogen-bond donors (Lipinski definition) is 1. The van der Waals surface area contributed by atoms with E-state index in [1.54, 1.807) is 12.1 Å². The Morgan fingerprint density at radius 2 is 2.18 bits per heavy atom. The van der Waals surface area contributed by atoms with Gasteiger partial charge < -0.3 is 10.0 Å². The van der Waals surface area contributed by atoms with Crippen LogP contribution in [0.2, 0.25) is 5.02 Å². The van der Waals surface area contributed by atoms with E-state index in [4.69, 9.17) is 16.7 Å². The number of aromatic carboxylic acids is 1. The van der Waals surface area contributed by atoms with E-state index < -0.39 is 5.97 Å². The van der Waals surface area contributed by atoms with E-state index in [0.717, 1.165) is 11.6 Å². The maximum absolute atomic E-state index is 10.9. The van der Waals surface area contributed by atoms with Gasteiger partial charge in [0.15, 0.2) is 0 Å². The van der Waals surface area contributed by atoms with Crippen molar-refractivity contribution in [2.24, 2.45) is 5.92 Å². The summed E-state index contributed by atoms with van der Waals surface area (Å²) in [5.74, 6) is -0.225. The van der Waals surface area contributed by atoms with Gasteiger partial charge in [0.1, 0.15) is 0 Å². The maximum Gasteiger partial charge on any atom is 0.337 e. The molecular formula is C13H16ClNO2. The molecule has 17 heavy (non-hydrogen) atoms. The Hall–Kier alpha value is -1.22. The third-order valence-electron chi connectivity index (χ3n) is 3.51. The monoisotopic (exact) mass is 253 g/mol. The number of rotatable bonds is 4. The molecule has 1 aromatic carbocycles. The third-order valence-corrected chi connectivity index (χ3v) is 3.82. The molecular weight excluding hydrogens is 238 g/mol. The Labute approximate surface area is 106 Å². The zero-order chi connectivity index (χ0) is 12.6. The van der Waals surface area contributed by atoms with Crippen molar-refractivity contribution in [1.29, 1.82) is 0 Å². The van der Waals surface area contributed by atoms with Gasteiger partial charge in [-0.2, -0.15) is 0 Å². The largest absolute Gasteiger partial charge is 0.478 e. The van der Waals surface area contributed by atoms with E-state index in [0.29, 0.717) is 11.1 Å². The van der Waals surface area contributed by atoms with Gasteiger partial charge in [0.2, 0.25) is 0 Å². The molecule has 1 aliphatic rings. The second-order valence-corrected chi connectivity index (χ2v) is 5.07. The Morgan fingerprint density at radius 1 is 1.53 bits per heavy atom. The Morgan fingerprint density at radius 3 is 2.65 bits per heavy atom. The SMILES string of the molecule is CC(C1CC1)N(C)c1ccc(C(=O)O)c(Cl)c1. The van der Waals surface area contributed by atoms with Crippen molar-refractivity contribution >= 4 is 23.3 Å². The number of halogens is 1. The van der Waals surface area contributed by atoms with Crippen molar-refractivity contribution in [2.75, 3.05) is 11.9 Å². The molecule has 1 saturated carbocycles. The van der Waals surface area contributed by atoms with E-state index in [1.165, 1.54) is 12.8 Å². The van der Waals surface area contributed by atoms with Gasteiger partial charge in [-0.3, -0.25) is 0 Å². The van der Waals surface area contributed by atoms with Crippen LogP contribution < -0.4 is 4.90 Å². The highest BCUT2D eigenvalue weighted by atomic mass is 35.5. The van der Waals surface area contributed by atoms with E-state index in [-0.39, 0.29) is 5.56 Å². The molecule has 92 valence electrons. The van der Waals surface area contributed by atoms with Gasteiger partial charge in [-0.25, -0.2) is 4.79 Å². The average Bonchev–Trinajstić information content (AvgIpc) is 3.10. The molecule has 0 aromatic heterocycles. The minimum Gasteiger partial charge on any atom is -0.478 e. The Bertz CT molecular complexity index is 443. The fourth-order valence-corrected chi connectivity index (χ4v) is 2.28. The molecule has 1 aliphatic carbocycles. The van der Waals surface area contributed by atoms with Gasteiger partial charge in [-0.15, -0.1) is 0 Å². The molecule has 0 radical (unpaired) electrons. The van der Waals surface area contributed by atoms with Gasteiger partial charge in [0.25, 0.3) is 0 Å². The van der Waals surface area contributed by atoms with Gasteiger partial charge in [-0.05, 0) is 43.9 Å². The lowest BCUT2D eigenvalue weighted by Gasteiger charge is -2.27. The van der Waals surface area contributed by atoms with Gasteiger partial charge in [0.05, 0.1) is 10.6 Å². The first-order valence-electron chi connectivity index (χ1n) is 5.76. The highest BCUT2D eigenvalue weighted by molar-refractivity contribution is 6.33. The zero-order valence-corrected chi connectivity index (χ0v) is 10.7. The molecule has 2 rings (SSSR count). The molecule has 1 N–H and O–H groups in total. The number of carbonyl (C=O) groups is 1. The number of carboxylic acids is 1. The second-order valence-electron chi connectivity index (χ2n) is 4.66. The summed E-state index contributed by atoms with van der Waals surface area (Å²) in [7, 11) is 2.02. The van der Waals surface area contributed by atoms with Crippen LogP contribution in [0.1, 0.15) is 30.1 Å². The predicted molar refractivity (Wildman–Crippen MR) is 69.0 cm³/mol. The molecule has 1 atom stereocenters. The molecule has 0 heterocycles. The molecule has 0 spiro atoms. The lowest BCUT2D eigenvalue weighted by molar-refractivity contribution is 0.0697. The standard InChI is InChI=1S/C13H16ClNO2/c1-8(9-3-4-9)15(2)10-5-6-11(13(16)17)12(14)7-10/h5-9H,3-4H2,1-2H3,(H,16,17). The summed E-state index contributed by atoms with van der Waals surface area (Å²) < 4.78 is 0. The summed E-state index contributed by atoms with van der Waals surface area (Å²) in [5.41, 5.74) is 1.13. The zero-order valence-electron chi connectivity index (χ0n) is 9.98. The maximum atomic E-state index is 10.9. The molecule has 4 heteroatoms. The van der Waals surface area contributed by atoms with Crippen LogP contribution in [-0.2, 0) is 0 Å². The minimum atomic E-state index is -0.987. The normalized spacial score (nSPS) is 16.6. The first kappa shape index (κ1) is 12.2. The van der Waals surface area contributed by atoms with Crippen LogP contribution in [0.4, 0.5) is 5.69 Å². The third kappa shape index (κ3) is 2.55. The lowest BCUT2D eigenvalue weighted by Crippen LogP contribution is -2.30. The smallest absolute Gasteiger partial charge is 0.337 e. The van der Waals surface area contributed by atoms with Crippen molar-refractivity contribution in [3.8, 4) is 0 Å². The van der Waals surface area contributed by atoms with Crippen LogP contribution in [0.5, 0.6) is 0 Å². The minimum absolute atomic E-state index is 0.155. The molecule has 0 bridgehead atoms. The molecule has 1 fully saturated rings. The quantitative estimate of drug-likeness (QED) is 0.895.